The van der Waals surface area contributed by atoms with E-state index >= 15 is 0 Å². The molecule has 2 heterocycles. The molecule has 4 rings (SSSR count). The summed E-state index contributed by atoms with van der Waals surface area (Å²) in [5, 5.41) is 0.611. The summed E-state index contributed by atoms with van der Waals surface area (Å²) in [5.74, 6) is 0.785. The summed E-state index contributed by atoms with van der Waals surface area (Å²) in [7, 11) is 1.63. The second kappa shape index (κ2) is 7.72. The van der Waals surface area contributed by atoms with E-state index in [0.717, 1.165) is 10.2 Å². The van der Waals surface area contributed by atoms with Crippen molar-refractivity contribution in [2.75, 3.05) is 20.3 Å². The zero-order chi connectivity index (χ0) is 18.8. The number of carbonyl (C=O) groups is 1. The number of halogens is 1. The van der Waals surface area contributed by atoms with E-state index in [1.165, 1.54) is 11.3 Å². The van der Waals surface area contributed by atoms with E-state index in [1.54, 1.807) is 19.2 Å². The smallest absolute Gasteiger partial charge is 0.292 e. The van der Waals surface area contributed by atoms with Gasteiger partial charge in [0.25, 0.3) is 5.91 Å². The van der Waals surface area contributed by atoms with Gasteiger partial charge >= 0.3 is 0 Å². The van der Waals surface area contributed by atoms with Crippen LogP contribution in [0, 0.1) is 0 Å². The highest BCUT2D eigenvalue weighted by Gasteiger charge is 2.27. The molecule has 0 bridgehead atoms. The number of thiazole rings is 1. The van der Waals surface area contributed by atoms with E-state index in [1.807, 2.05) is 34.9 Å². The van der Waals surface area contributed by atoms with Gasteiger partial charge in [0.15, 0.2) is 16.3 Å². The Bertz CT molecular complexity index is 1060. The van der Waals surface area contributed by atoms with E-state index in [0.29, 0.717) is 34.5 Å². The molecule has 0 radical (unpaired) electrons. The van der Waals surface area contributed by atoms with E-state index in [-0.39, 0.29) is 6.61 Å². The van der Waals surface area contributed by atoms with Gasteiger partial charge in [-0.05, 0) is 24.3 Å². The number of hydrogen-bond donors (Lipinski definition) is 0. The van der Waals surface area contributed by atoms with Gasteiger partial charge in [0.05, 0.1) is 21.8 Å². The van der Waals surface area contributed by atoms with Crippen molar-refractivity contribution in [1.82, 2.24) is 4.57 Å². The molecule has 0 saturated carbocycles. The molecule has 140 valence electrons. The molecule has 1 unspecified atom stereocenters. The van der Waals surface area contributed by atoms with Crippen LogP contribution in [-0.4, -0.2) is 36.9 Å². The fraction of sp³-hybridized carbons (Fsp3) is 0.263. The molecule has 1 aliphatic rings. The van der Waals surface area contributed by atoms with Crippen LogP contribution in [0.1, 0.15) is 0 Å². The van der Waals surface area contributed by atoms with Crippen LogP contribution in [0.3, 0.4) is 0 Å². The zero-order valence-corrected chi connectivity index (χ0v) is 16.1. The summed E-state index contributed by atoms with van der Waals surface area (Å²) in [5.41, 5.74) is 0.846. The van der Waals surface area contributed by atoms with Gasteiger partial charge in [-0.25, -0.2) is 0 Å². The lowest BCUT2D eigenvalue weighted by molar-refractivity contribution is -0.127. The Labute approximate surface area is 164 Å². The first kappa shape index (κ1) is 18.0. The number of hydrogen-bond acceptors (Lipinski definition) is 5. The second-order valence-electron chi connectivity index (χ2n) is 5.93. The molecule has 0 N–H and O–H groups in total. The molecular formula is C19H17ClN2O4S. The van der Waals surface area contributed by atoms with E-state index in [4.69, 9.17) is 25.8 Å². The summed E-state index contributed by atoms with van der Waals surface area (Å²) in [4.78, 5) is 17.6. The quantitative estimate of drug-likeness (QED) is 0.669. The number of methoxy groups -OCH3 is 1. The minimum Gasteiger partial charge on any atom is -0.485 e. The maximum atomic E-state index is 12.7. The van der Waals surface area contributed by atoms with Gasteiger partial charge in [-0.2, -0.15) is 4.99 Å². The van der Waals surface area contributed by atoms with Crippen LogP contribution >= 0.6 is 22.9 Å². The van der Waals surface area contributed by atoms with Crippen molar-refractivity contribution in [3.05, 3.63) is 52.3 Å². The number of ether oxygens (including phenoxy) is 3. The molecule has 0 spiro atoms. The topological polar surface area (TPSA) is 62.1 Å². The van der Waals surface area contributed by atoms with Crippen LogP contribution in [0.5, 0.6) is 11.5 Å². The first-order valence-corrected chi connectivity index (χ1v) is 9.60. The maximum Gasteiger partial charge on any atom is 0.292 e. The Morgan fingerprint density at radius 3 is 2.93 bits per heavy atom. The van der Waals surface area contributed by atoms with Gasteiger partial charge in [0, 0.05) is 13.7 Å². The number of nitrogens with zero attached hydrogens (tertiary/aromatic N) is 2. The number of amides is 1. The molecule has 1 amide bonds. The summed E-state index contributed by atoms with van der Waals surface area (Å²) >= 11 is 7.78. The molecular weight excluding hydrogens is 388 g/mol. The van der Waals surface area contributed by atoms with Crippen molar-refractivity contribution >= 4 is 39.1 Å². The molecule has 0 fully saturated rings. The van der Waals surface area contributed by atoms with Gasteiger partial charge in [0.2, 0.25) is 6.10 Å². The normalized spacial score (nSPS) is 16.7. The molecule has 6 nitrogen and oxygen atoms in total. The molecule has 27 heavy (non-hydrogen) atoms. The fourth-order valence-electron chi connectivity index (χ4n) is 2.87. The highest BCUT2D eigenvalue weighted by atomic mass is 35.5. The molecule has 1 aromatic heterocycles. The highest BCUT2D eigenvalue weighted by molar-refractivity contribution is 7.16. The van der Waals surface area contributed by atoms with Crippen LogP contribution in [0.4, 0.5) is 0 Å². The summed E-state index contributed by atoms with van der Waals surface area (Å²) in [6, 6.07) is 12.9. The van der Waals surface area contributed by atoms with E-state index in [2.05, 4.69) is 4.99 Å². The third-order valence-electron chi connectivity index (χ3n) is 4.16. The maximum absolute atomic E-state index is 12.7. The van der Waals surface area contributed by atoms with Crippen molar-refractivity contribution in [2.24, 2.45) is 4.99 Å². The molecule has 3 aromatic rings. The van der Waals surface area contributed by atoms with Crippen LogP contribution < -0.4 is 14.3 Å². The molecule has 0 aliphatic carbocycles. The standard InChI is InChI=1S/C19H17ClN2O4S/c1-24-10-9-22-17-12(20)5-4-8-16(17)27-19(22)21-18(23)15-11-25-13-6-2-3-7-14(13)26-15/h2-8,15H,9-11H2,1H3. The van der Waals surface area contributed by atoms with Gasteiger partial charge in [-0.15, -0.1) is 0 Å². The van der Waals surface area contributed by atoms with Gasteiger partial charge in [-0.1, -0.05) is 41.1 Å². The monoisotopic (exact) mass is 404 g/mol. The first-order chi connectivity index (χ1) is 13.2. The number of para-hydroxylation sites is 3. The van der Waals surface area contributed by atoms with Gasteiger partial charge in [-0.3, -0.25) is 4.79 Å². The first-order valence-electron chi connectivity index (χ1n) is 8.41. The molecule has 1 atom stereocenters. The van der Waals surface area contributed by atoms with Gasteiger partial charge in [0.1, 0.15) is 6.61 Å². The molecule has 2 aromatic carbocycles. The van der Waals surface area contributed by atoms with Crippen molar-refractivity contribution in [3.63, 3.8) is 0 Å². The van der Waals surface area contributed by atoms with Crippen molar-refractivity contribution in [1.29, 1.82) is 0 Å². The Morgan fingerprint density at radius 1 is 1.30 bits per heavy atom. The molecule has 0 saturated heterocycles. The number of aromatic nitrogens is 1. The Balaban J connectivity index is 1.70. The predicted octanol–water partition coefficient (Wildman–Crippen LogP) is 3.27. The minimum atomic E-state index is -0.781. The average molecular weight is 405 g/mol. The Morgan fingerprint density at radius 2 is 2.11 bits per heavy atom. The Kier molecular flexibility index (Phi) is 5.15. The van der Waals surface area contributed by atoms with Crippen molar-refractivity contribution in [2.45, 2.75) is 12.6 Å². The SMILES string of the molecule is COCCn1c(=NC(=O)C2COc3ccccc3O2)sc2cccc(Cl)c21. The lowest BCUT2D eigenvalue weighted by atomic mass is 10.2. The zero-order valence-electron chi connectivity index (χ0n) is 14.6. The predicted molar refractivity (Wildman–Crippen MR) is 104 cm³/mol. The summed E-state index contributed by atoms with van der Waals surface area (Å²) in [6.45, 7) is 1.15. The summed E-state index contributed by atoms with van der Waals surface area (Å²) < 4.78 is 19.4. The van der Waals surface area contributed by atoms with E-state index < -0.39 is 12.0 Å². The van der Waals surface area contributed by atoms with Crippen LogP contribution in [0.25, 0.3) is 10.2 Å². The molecule has 8 heteroatoms. The van der Waals surface area contributed by atoms with Crippen LogP contribution in [0.2, 0.25) is 5.02 Å². The molecule has 1 aliphatic heterocycles. The second-order valence-corrected chi connectivity index (χ2v) is 7.35. The lowest BCUT2D eigenvalue weighted by Crippen LogP contribution is -2.37. The third kappa shape index (κ3) is 3.58. The Hall–Kier alpha value is -2.35. The van der Waals surface area contributed by atoms with Crippen LogP contribution in [0.15, 0.2) is 47.5 Å². The number of carbonyl (C=O) groups excluding carboxylic acids is 1. The number of benzene rings is 2. The number of fused-ring (bicyclic) bond motifs is 2. The summed E-state index contributed by atoms with van der Waals surface area (Å²) in [6.07, 6.45) is -0.781. The van der Waals surface area contributed by atoms with Crippen molar-refractivity contribution in [3.8, 4) is 11.5 Å². The fourth-order valence-corrected chi connectivity index (χ4v) is 4.29. The van der Waals surface area contributed by atoms with Crippen LogP contribution in [-0.2, 0) is 16.1 Å². The van der Waals surface area contributed by atoms with E-state index in [9.17, 15) is 4.79 Å². The minimum absolute atomic E-state index is 0.128. The highest BCUT2D eigenvalue weighted by Crippen LogP contribution is 2.31. The number of rotatable bonds is 4. The average Bonchev–Trinajstić information content (AvgIpc) is 3.04. The van der Waals surface area contributed by atoms with Gasteiger partial charge < -0.3 is 18.8 Å². The third-order valence-corrected chi connectivity index (χ3v) is 5.51. The van der Waals surface area contributed by atoms with Crippen molar-refractivity contribution < 1.29 is 19.0 Å². The largest absolute Gasteiger partial charge is 0.485 e. The lowest BCUT2D eigenvalue weighted by Gasteiger charge is -2.23.